The fraction of sp³-hybridized carbons (Fsp3) is 0.238. The average Bonchev–Trinajstić information content (AvgIpc) is 3.04. The Balaban J connectivity index is 1.91. The van der Waals surface area contributed by atoms with E-state index in [0.717, 1.165) is 9.91 Å². The molecule has 1 heterocycles. The van der Waals surface area contributed by atoms with Crippen molar-refractivity contribution in [1.29, 1.82) is 0 Å². The Morgan fingerprint density at radius 3 is 2.45 bits per heavy atom. The molecule has 1 N–H and O–H groups in total. The van der Waals surface area contributed by atoms with Gasteiger partial charge in [-0.2, -0.15) is 0 Å². The summed E-state index contributed by atoms with van der Waals surface area (Å²) >= 11 is 3.28. The average molecular weight is 490 g/mol. The van der Waals surface area contributed by atoms with Crippen molar-refractivity contribution in [3.05, 3.63) is 52.5 Å². The predicted molar refractivity (Wildman–Crippen MR) is 115 cm³/mol. The lowest BCUT2D eigenvalue weighted by molar-refractivity contribution is -0.139. The largest absolute Gasteiger partial charge is 0.497 e. The second kappa shape index (κ2) is 9.17. The first-order valence-corrected chi connectivity index (χ1v) is 10.0. The van der Waals surface area contributed by atoms with Crippen LogP contribution in [0.5, 0.6) is 11.5 Å². The van der Waals surface area contributed by atoms with Crippen LogP contribution in [0.25, 0.3) is 0 Å². The molecule has 0 aromatic heterocycles. The molecule has 1 aliphatic rings. The number of carbonyl (C=O) groups excluding carboxylic acids is 4. The molecular formula is C21H20BrN3O6. The molecule has 1 unspecified atom stereocenters. The number of hydrogen-bond donors (Lipinski definition) is 1. The Morgan fingerprint density at radius 1 is 1.13 bits per heavy atom. The highest BCUT2D eigenvalue weighted by atomic mass is 79.9. The van der Waals surface area contributed by atoms with Gasteiger partial charge < -0.3 is 9.47 Å². The molecule has 31 heavy (non-hydrogen) atoms. The van der Waals surface area contributed by atoms with E-state index >= 15 is 0 Å². The van der Waals surface area contributed by atoms with Crippen LogP contribution in [-0.4, -0.2) is 48.9 Å². The number of nitrogens with one attached hydrogen (secondary N) is 1. The van der Waals surface area contributed by atoms with Crippen LogP contribution in [0.1, 0.15) is 23.7 Å². The maximum atomic E-state index is 13.2. The molecule has 1 fully saturated rings. The van der Waals surface area contributed by atoms with Crippen molar-refractivity contribution in [2.24, 2.45) is 0 Å². The number of benzene rings is 2. The van der Waals surface area contributed by atoms with E-state index in [4.69, 9.17) is 9.47 Å². The minimum absolute atomic E-state index is 0.194. The fourth-order valence-corrected chi connectivity index (χ4v) is 3.70. The molecule has 10 heteroatoms. The third-order valence-electron chi connectivity index (χ3n) is 4.74. The Bertz CT molecular complexity index is 1060. The molecule has 0 bridgehead atoms. The lowest BCUT2D eigenvalue weighted by Crippen LogP contribution is -2.54. The maximum Gasteiger partial charge on any atom is 0.271 e. The Hall–Kier alpha value is -3.40. The van der Waals surface area contributed by atoms with Crippen molar-refractivity contribution in [3.63, 3.8) is 0 Å². The molecule has 162 valence electrons. The van der Waals surface area contributed by atoms with Gasteiger partial charge in [0.2, 0.25) is 11.8 Å². The third kappa shape index (κ3) is 4.38. The van der Waals surface area contributed by atoms with Crippen LogP contribution in [0, 0.1) is 0 Å². The summed E-state index contributed by atoms with van der Waals surface area (Å²) < 4.78 is 11.0. The first-order valence-electron chi connectivity index (χ1n) is 9.22. The van der Waals surface area contributed by atoms with Crippen molar-refractivity contribution >= 4 is 45.2 Å². The van der Waals surface area contributed by atoms with Gasteiger partial charge in [0.05, 0.1) is 31.9 Å². The van der Waals surface area contributed by atoms with Crippen LogP contribution in [0.15, 0.2) is 46.9 Å². The van der Waals surface area contributed by atoms with Crippen molar-refractivity contribution in [2.75, 3.05) is 19.1 Å². The topological polar surface area (TPSA) is 105 Å². The van der Waals surface area contributed by atoms with E-state index < -0.39 is 29.7 Å². The normalized spacial score (nSPS) is 15.6. The van der Waals surface area contributed by atoms with Gasteiger partial charge in [-0.3, -0.25) is 24.6 Å². The Morgan fingerprint density at radius 2 is 1.84 bits per heavy atom. The van der Waals surface area contributed by atoms with Gasteiger partial charge in [-0.1, -0.05) is 12.1 Å². The van der Waals surface area contributed by atoms with E-state index in [1.165, 1.54) is 27.2 Å². The molecule has 0 aliphatic carbocycles. The summed E-state index contributed by atoms with van der Waals surface area (Å²) in [7, 11) is 2.87. The van der Waals surface area contributed by atoms with Crippen LogP contribution in [0.2, 0.25) is 0 Å². The number of methoxy groups -OCH3 is 2. The Kier molecular flexibility index (Phi) is 6.59. The van der Waals surface area contributed by atoms with Gasteiger partial charge in [-0.15, -0.1) is 0 Å². The maximum absolute atomic E-state index is 13.2. The minimum atomic E-state index is -1.20. The number of carbonyl (C=O) groups is 4. The highest BCUT2D eigenvalue weighted by Gasteiger charge is 2.45. The second-order valence-electron chi connectivity index (χ2n) is 6.63. The van der Waals surface area contributed by atoms with E-state index in [0.29, 0.717) is 10.2 Å². The van der Waals surface area contributed by atoms with Crippen molar-refractivity contribution in [3.8, 4) is 11.5 Å². The number of rotatable bonds is 5. The zero-order chi connectivity index (χ0) is 22.7. The lowest BCUT2D eigenvalue weighted by Gasteiger charge is -2.27. The van der Waals surface area contributed by atoms with E-state index in [9.17, 15) is 19.2 Å². The van der Waals surface area contributed by atoms with Crippen molar-refractivity contribution in [1.82, 2.24) is 10.4 Å². The lowest BCUT2D eigenvalue weighted by atomic mass is 10.2. The first kappa shape index (κ1) is 22.3. The monoisotopic (exact) mass is 489 g/mol. The summed E-state index contributed by atoms with van der Waals surface area (Å²) in [5.41, 5.74) is 2.92. The Labute approximate surface area is 187 Å². The van der Waals surface area contributed by atoms with Crippen LogP contribution in [0.4, 0.5) is 5.69 Å². The molecule has 1 aliphatic heterocycles. The number of halogens is 1. The highest BCUT2D eigenvalue weighted by Crippen LogP contribution is 2.36. The molecule has 1 saturated heterocycles. The summed E-state index contributed by atoms with van der Waals surface area (Å²) in [5.74, 6) is -1.69. The van der Waals surface area contributed by atoms with E-state index in [-0.39, 0.29) is 23.4 Å². The van der Waals surface area contributed by atoms with Crippen LogP contribution < -0.4 is 19.8 Å². The van der Waals surface area contributed by atoms with Crippen molar-refractivity contribution < 1.29 is 28.7 Å². The highest BCUT2D eigenvalue weighted by molar-refractivity contribution is 9.10. The van der Waals surface area contributed by atoms with E-state index in [1.54, 1.807) is 36.4 Å². The number of ether oxygens (including phenoxy) is 2. The summed E-state index contributed by atoms with van der Waals surface area (Å²) in [6.07, 6.45) is -0.297. The molecule has 9 nitrogen and oxygen atoms in total. The van der Waals surface area contributed by atoms with Crippen LogP contribution in [-0.2, 0) is 14.4 Å². The zero-order valence-electron chi connectivity index (χ0n) is 17.0. The van der Waals surface area contributed by atoms with Crippen LogP contribution in [0.3, 0.4) is 0 Å². The van der Waals surface area contributed by atoms with Gasteiger partial charge in [-0.05, 0) is 40.2 Å². The molecule has 0 radical (unpaired) electrons. The number of hydrogen-bond acceptors (Lipinski definition) is 6. The van der Waals surface area contributed by atoms with Gasteiger partial charge in [0, 0.05) is 17.5 Å². The summed E-state index contributed by atoms with van der Waals surface area (Å²) in [5, 5.41) is 0.884. The summed E-state index contributed by atoms with van der Waals surface area (Å²) in [6.45, 7) is 1.20. The zero-order valence-corrected chi connectivity index (χ0v) is 18.6. The molecule has 0 saturated carbocycles. The predicted octanol–water partition coefficient (Wildman–Crippen LogP) is 2.29. The molecule has 2 aromatic carbocycles. The SMILES string of the molecule is COc1ccc(OC)c(N2C(=O)CC(N(NC(=O)c3ccccc3Br)C(C)=O)C2=O)c1. The molecule has 2 aromatic rings. The standard InChI is InChI=1S/C21H20BrN3O6/c1-12(26)25(23-20(28)14-6-4-5-7-15(14)22)17-11-19(27)24(21(17)29)16-10-13(30-2)8-9-18(16)31-3/h4-10,17H,11H2,1-3H3,(H,23,28). The molecule has 0 spiro atoms. The molecular weight excluding hydrogens is 470 g/mol. The number of anilines is 1. The van der Waals surface area contributed by atoms with Gasteiger partial charge in [-0.25, -0.2) is 9.91 Å². The fourth-order valence-electron chi connectivity index (χ4n) is 3.23. The van der Waals surface area contributed by atoms with Gasteiger partial charge in [0.25, 0.3) is 11.8 Å². The third-order valence-corrected chi connectivity index (χ3v) is 5.43. The number of imide groups is 1. The summed E-state index contributed by atoms with van der Waals surface area (Å²) in [4.78, 5) is 51.8. The number of hydrazine groups is 1. The quantitative estimate of drug-likeness (QED) is 0.510. The minimum Gasteiger partial charge on any atom is -0.497 e. The van der Waals surface area contributed by atoms with E-state index in [2.05, 4.69) is 21.4 Å². The first-order chi connectivity index (χ1) is 14.8. The molecule has 1 atom stereocenters. The number of amides is 4. The van der Waals surface area contributed by atoms with Gasteiger partial charge >= 0.3 is 0 Å². The second-order valence-corrected chi connectivity index (χ2v) is 7.49. The van der Waals surface area contributed by atoms with Gasteiger partial charge in [0.15, 0.2) is 0 Å². The smallest absolute Gasteiger partial charge is 0.271 e. The molecule has 3 rings (SSSR count). The van der Waals surface area contributed by atoms with Gasteiger partial charge in [0.1, 0.15) is 17.5 Å². The van der Waals surface area contributed by atoms with Crippen LogP contribution >= 0.6 is 15.9 Å². The van der Waals surface area contributed by atoms with E-state index in [1.807, 2.05) is 0 Å². The van der Waals surface area contributed by atoms with Crippen molar-refractivity contribution in [2.45, 2.75) is 19.4 Å². The summed E-state index contributed by atoms with van der Waals surface area (Å²) in [6, 6.07) is 10.1. The number of nitrogens with zero attached hydrogens (tertiary/aromatic N) is 2. The molecule has 4 amide bonds.